The summed E-state index contributed by atoms with van der Waals surface area (Å²) in [5.41, 5.74) is 0.532. The van der Waals surface area contributed by atoms with Gasteiger partial charge in [-0.05, 0) is 43.2 Å². The fraction of sp³-hybridized carbons (Fsp3) is 0.438. The van der Waals surface area contributed by atoms with Crippen molar-refractivity contribution < 1.29 is 18.0 Å². The van der Waals surface area contributed by atoms with Crippen LogP contribution in [0.3, 0.4) is 0 Å². The number of alkyl halides is 3. The highest BCUT2D eigenvalue weighted by atomic mass is 32.2. The van der Waals surface area contributed by atoms with Crippen molar-refractivity contribution in [3.63, 3.8) is 0 Å². The van der Waals surface area contributed by atoms with Crippen LogP contribution in [0.1, 0.15) is 28.8 Å². The molecule has 0 spiro atoms. The zero-order chi connectivity index (χ0) is 16.5. The molecule has 1 aliphatic rings. The number of carbonyl (C=O) groups is 1. The maximum Gasteiger partial charge on any atom is 0.416 e. The van der Waals surface area contributed by atoms with Crippen LogP contribution in [0, 0.1) is 5.92 Å². The van der Waals surface area contributed by atoms with E-state index in [0.717, 1.165) is 42.4 Å². The van der Waals surface area contributed by atoms with Gasteiger partial charge in [0.25, 0.3) is 0 Å². The zero-order valence-corrected chi connectivity index (χ0v) is 13.5. The van der Waals surface area contributed by atoms with E-state index in [9.17, 15) is 18.0 Å². The Kier molecular flexibility index (Phi) is 4.90. The number of ketones is 1. The lowest BCUT2D eigenvalue weighted by Gasteiger charge is -2.17. The molecule has 1 aliphatic carbocycles. The molecule has 0 aromatic heterocycles. The molecule has 0 saturated heterocycles. The van der Waals surface area contributed by atoms with Crippen molar-refractivity contribution in [1.82, 2.24) is 4.90 Å². The molecule has 22 heavy (non-hydrogen) atoms. The summed E-state index contributed by atoms with van der Waals surface area (Å²) in [4.78, 5) is 14.7. The Morgan fingerprint density at radius 2 is 1.95 bits per heavy atom. The van der Waals surface area contributed by atoms with Crippen molar-refractivity contribution in [3.05, 3.63) is 41.1 Å². The Hall–Kier alpha value is -1.43. The first-order valence-electron chi connectivity index (χ1n) is 6.92. The predicted octanol–water partition coefficient (Wildman–Crippen LogP) is 4.47. The van der Waals surface area contributed by atoms with Gasteiger partial charge in [-0.25, -0.2) is 0 Å². The van der Waals surface area contributed by atoms with Gasteiger partial charge in [-0.2, -0.15) is 13.2 Å². The molecule has 0 amide bonds. The van der Waals surface area contributed by atoms with Crippen molar-refractivity contribution in [2.24, 2.45) is 5.92 Å². The van der Waals surface area contributed by atoms with Gasteiger partial charge in [-0.1, -0.05) is 0 Å². The molecular weight excluding hydrogens is 311 g/mol. The number of carbonyl (C=O) groups excluding carboxylic acids is 1. The average Bonchev–Trinajstić information content (AvgIpc) is 3.26. The molecule has 120 valence electrons. The Morgan fingerprint density at radius 3 is 2.41 bits per heavy atom. The molecule has 0 N–H and O–H groups in total. The van der Waals surface area contributed by atoms with Crippen molar-refractivity contribution in [2.75, 3.05) is 20.4 Å². The molecule has 6 heteroatoms. The lowest BCUT2D eigenvalue weighted by molar-refractivity contribution is -0.137. The number of nitrogens with zero attached hydrogens (tertiary/aromatic N) is 1. The third-order valence-electron chi connectivity index (χ3n) is 3.59. The summed E-state index contributed by atoms with van der Waals surface area (Å²) in [6, 6.07) is 3.28. The lowest BCUT2D eigenvalue weighted by Crippen LogP contribution is -2.15. The van der Waals surface area contributed by atoms with Gasteiger partial charge in [-0.15, -0.1) is 11.8 Å². The van der Waals surface area contributed by atoms with Crippen LogP contribution < -0.4 is 0 Å². The molecule has 2 nitrogen and oxygen atoms in total. The van der Waals surface area contributed by atoms with Gasteiger partial charge in [0.05, 0.1) is 5.56 Å². The Balaban J connectivity index is 2.35. The number of hydrogen-bond acceptors (Lipinski definition) is 3. The van der Waals surface area contributed by atoms with E-state index >= 15 is 0 Å². The first-order valence-corrected chi connectivity index (χ1v) is 8.15. The van der Waals surface area contributed by atoms with Crippen LogP contribution in [0.15, 0.2) is 34.9 Å². The second-order valence-electron chi connectivity index (χ2n) is 5.51. The topological polar surface area (TPSA) is 20.3 Å². The normalized spacial score (nSPS) is 15.8. The Labute approximate surface area is 132 Å². The van der Waals surface area contributed by atoms with Crippen LogP contribution in [-0.4, -0.2) is 31.0 Å². The second kappa shape index (κ2) is 6.36. The highest BCUT2D eigenvalue weighted by Crippen LogP contribution is 2.38. The van der Waals surface area contributed by atoms with E-state index < -0.39 is 11.7 Å². The van der Waals surface area contributed by atoms with Gasteiger partial charge in [0, 0.05) is 36.3 Å². The fourth-order valence-corrected chi connectivity index (χ4v) is 2.91. The molecule has 1 saturated carbocycles. The third kappa shape index (κ3) is 3.85. The quantitative estimate of drug-likeness (QED) is 0.452. The molecule has 1 fully saturated rings. The average molecular weight is 329 g/mol. The van der Waals surface area contributed by atoms with Gasteiger partial charge < -0.3 is 4.90 Å². The minimum atomic E-state index is -4.40. The number of rotatable bonds is 5. The number of benzene rings is 1. The van der Waals surface area contributed by atoms with Crippen LogP contribution in [0.2, 0.25) is 0 Å². The van der Waals surface area contributed by atoms with E-state index in [1.807, 2.05) is 19.0 Å². The molecular formula is C16H18F3NOS. The van der Waals surface area contributed by atoms with Crippen molar-refractivity contribution >= 4 is 17.5 Å². The number of halogens is 3. The van der Waals surface area contributed by atoms with Crippen LogP contribution >= 0.6 is 11.8 Å². The SMILES string of the molecule is CSc1cc(C(F)(F)F)ccc1C(=O)C=C(C1CC1)N(C)C. The van der Waals surface area contributed by atoms with E-state index in [0.29, 0.717) is 16.4 Å². The summed E-state index contributed by atoms with van der Waals surface area (Å²) in [5.74, 6) is 0.153. The summed E-state index contributed by atoms with van der Waals surface area (Å²) in [6.45, 7) is 0. The van der Waals surface area contributed by atoms with Crippen LogP contribution in [-0.2, 0) is 6.18 Å². The van der Waals surface area contributed by atoms with Crippen LogP contribution in [0.5, 0.6) is 0 Å². The van der Waals surface area contributed by atoms with Gasteiger partial charge in [0.1, 0.15) is 0 Å². The van der Waals surface area contributed by atoms with E-state index in [-0.39, 0.29) is 5.78 Å². The predicted molar refractivity (Wildman–Crippen MR) is 82.0 cm³/mol. The number of thioether (sulfide) groups is 1. The van der Waals surface area contributed by atoms with Crippen molar-refractivity contribution in [1.29, 1.82) is 0 Å². The standard InChI is InChI=1S/C16H18F3NOS/c1-20(2)13(10-4-5-10)9-14(21)12-7-6-11(16(17,18)19)8-15(12)22-3/h6-10H,4-5H2,1-3H3. The zero-order valence-electron chi connectivity index (χ0n) is 12.7. The first kappa shape index (κ1) is 16.9. The van der Waals surface area contributed by atoms with E-state index in [1.54, 1.807) is 12.3 Å². The molecule has 0 heterocycles. The number of hydrogen-bond donors (Lipinski definition) is 0. The second-order valence-corrected chi connectivity index (χ2v) is 6.36. The minimum absolute atomic E-state index is 0.242. The molecule has 1 aromatic carbocycles. The van der Waals surface area contributed by atoms with Crippen molar-refractivity contribution in [3.8, 4) is 0 Å². The summed E-state index contributed by atoms with van der Waals surface area (Å²) in [7, 11) is 3.75. The van der Waals surface area contributed by atoms with E-state index in [4.69, 9.17) is 0 Å². The molecule has 0 bridgehead atoms. The maximum absolute atomic E-state index is 12.8. The van der Waals surface area contributed by atoms with Gasteiger partial charge in [0.15, 0.2) is 5.78 Å². The van der Waals surface area contributed by atoms with Crippen molar-refractivity contribution in [2.45, 2.75) is 23.9 Å². The Bertz CT molecular complexity index is 600. The molecule has 1 aromatic rings. The van der Waals surface area contributed by atoms with Gasteiger partial charge in [-0.3, -0.25) is 4.79 Å². The highest BCUT2D eigenvalue weighted by Gasteiger charge is 2.32. The van der Waals surface area contributed by atoms with E-state index in [2.05, 4.69) is 0 Å². The van der Waals surface area contributed by atoms with Crippen LogP contribution in [0.25, 0.3) is 0 Å². The highest BCUT2D eigenvalue weighted by molar-refractivity contribution is 7.98. The summed E-state index contributed by atoms with van der Waals surface area (Å²) in [5, 5.41) is 0. The first-order chi connectivity index (χ1) is 10.2. The Morgan fingerprint density at radius 1 is 1.32 bits per heavy atom. The molecule has 0 aliphatic heterocycles. The largest absolute Gasteiger partial charge is 0.416 e. The summed E-state index contributed by atoms with van der Waals surface area (Å²) in [6.07, 6.45) is 0.938. The fourth-order valence-electron chi connectivity index (χ4n) is 2.27. The van der Waals surface area contributed by atoms with Gasteiger partial charge >= 0.3 is 6.18 Å². The molecule has 0 atom stereocenters. The maximum atomic E-state index is 12.8. The van der Waals surface area contributed by atoms with E-state index in [1.165, 1.54) is 6.07 Å². The molecule has 0 unspecified atom stereocenters. The summed E-state index contributed by atoms with van der Waals surface area (Å²) >= 11 is 1.15. The third-order valence-corrected chi connectivity index (χ3v) is 4.36. The lowest BCUT2D eigenvalue weighted by atomic mass is 10.1. The minimum Gasteiger partial charge on any atom is -0.381 e. The number of allylic oxidation sites excluding steroid dienone is 2. The molecule has 2 rings (SSSR count). The smallest absolute Gasteiger partial charge is 0.381 e. The summed E-state index contributed by atoms with van der Waals surface area (Å²) < 4.78 is 38.3. The van der Waals surface area contributed by atoms with Crippen LogP contribution in [0.4, 0.5) is 13.2 Å². The molecule has 0 radical (unpaired) electrons. The van der Waals surface area contributed by atoms with Gasteiger partial charge in [0.2, 0.25) is 0 Å². The monoisotopic (exact) mass is 329 g/mol.